The van der Waals surface area contributed by atoms with E-state index in [0.717, 1.165) is 7.11 Å². The lowest BCUT2D eigenvalue weighted by molar-refractivity contribution is -0.143. The normalized spacial score (nSPS) is 20.0. The summed E-state index contributed by atoms with van der Waals surface area (Å²) in [5.41, 5.74) is 4.35. The fraction of sp³-hybridized carbons (Fsp3) is 0.350. The van der Waals surface area contributed by atoms with Gasteiger partial charge in [-0.3, -0.25) is 4.79 Å². The average molecular weight is 418 g/mol. The van der Waals surface area contributed by atoms with Crippen LogP contribution in [-0.2, 0) is 43.5 Å². The molecule has 3 N–H and O–H groups in total. The highest BCUT2D eigenvalue weighted by molar-refractivity contribution is 6.21. The summed E-state index contributed by atoms with van der Waals surface area (Å²) in [6.07, 6.45) is 0. The molecule has 1 aromatic rings. The first-order valence-electron chi connectivity index (χ1n) is 8.99. The van der Waals surface area contributed by atoms with Crippen molar-refractivity contribution in [3.63, 3.8) is 0 Å². The zero-order chi connectivity index (χ0) is 21.9. The number of rotatable bonds is 7. The van der Waals surface area contributed by atoms with Crippen molar-refractivity contribution in [2.75, 3.05) is 46.5 Å². The fourth-order valence-electron chi connectivity index (χ4n) is 3.65. The predicted molar refractivity (Wildman–Crippen MR) is 103 cm³/mol. The van der Waals surface area contributed by atoms with Gasteiger partial charge in [-0.25, -0.2) is 9.59 Å². The van der Waals surface area contributed by atoms with Gasteiger partial charge in [0.1, 0.15) is 35.5 Å². The molecule has 2 heterocycles. The van der Waals surface area contributed by atoms with Crippen LogP contribution < -0.4 is 11.1 Å². The van der Waals surface area contributed by atoms with E-state index in [9.17, 15) is 14.4 Å². The Bertz CT molecular complexity index is 952. The number of carbonyl (C=O) groups excluding carboxylic acids is 3. The Balaban J connectivity index is 2.31. The third kappa shape index (κ3) is 3.19. The number of para-hydroxylation sites is 1. The van der Waals surface area contributed by atoms with Gasteiger partial charge in [0.25, 0.3) is 0 Å². The SMILES string of the molecule is COCCOC(=O)C1=C(COC)OC(N)=C(C(=O)OC)[C@@]12C(=O)Nc1ccccc12. The molecule has 1 atom stereocenters. The molecule has 0 aliphatic carbocycles. The van der Waals surface area contributed by atoms with Gasteiger partial charge < -0.3 is 34.7 Å². The predicted octanol–water partition coefficient (Wildman–Crippen LogP) is 0.340. The Morgan fingerprint density at radius 1 is 1.07 bits per heavy atom. The molecule has 0 fully saturated rings. The van der Waals surface area contributed by atoms with E-state index in [1.54, 1.807) is 24.3 Å². The van der Waals surface area contributed by atoms with Crippen LogP contribution in [-0.4, -0.2) is 59.0 Å². The molecule has 0 radical (unpaired) electrons. The number of esters is 2. The molecule has 3 rings (SSSR count). The number of nitrogens with two attached hydrogens (primary N) is 1. The molecule has 0 saturated carbocycles. The smallest absolute Gasteiger partial charge is 0.340 e. The maximum atomic E-state index is 13.4. The Labute approximate surface area is 172 Å². The van der Waals surface area contributed by atoms with Crippen LogP contribution in [0.3, 0.4) is 0 Å². The molecular formula is C20H22N2O8. The number of hydrogen-bond acceptors (Lipinski definition) is 9. The molecule has 160 valence electrons. The van der Waals surface area contributed by atoms with Crippen LogP contribution in [0.5, 0.6) is 0 Å². The quantitative estimate of drug-likeness (QED) is 0.474. The first kappa shape index (κ1) is 21.3. The number of anilines is 1. The Morgan fingerprint density at radius 2 is 1.80 bits per heavy atom. The van der Waals surface area contributed by atoms with Gasteiger partial charge in [-0.1, -0.05) is 18.2 Å². The molecule has 0 saturated heterocycles. The van der Waals surface area contributed by atoms with E-state index in [1.807, 2.05) is 0 Å². The molecule has 0 aromatic heterocycles. The molecule has 2 aliphatic heterocycles. The van der Waals surface area contributed by atoms with Crippen LogP contribution in [0.2, 0.25) is 0 Å². The van der Waals surface area contributed by atoms with Crippen molar-refractivity contribution in [3.8, 4) is 0 Å². The van der Waals surface area contributed by atoms with Crippen LogP contribution in [0, 0.1) is 0 Å². The monoisotopic (exact) mass is 418 g/mol. The summed E-state index contributed by atoms with van der Waals surface area (Å²) in [6.45, 7) is -0.136. The summed E-state index contributed by atoms with van der Waals surface area (Å²) in [4.78, 5) is 39.3. The average Bonchev–Trinajstić information content (AvgIpc) is 3.00. The van der Waals surface area contributed by atoms with Gasteiger partial charge in [0.05, 0.1) is 13.7 Å². The maximum absolute atomic E-state index is 13.4. The summed E-state index contributed by atoms with van der Waals surface area (Å²) >= 11 is 0. The van der Waals surface area contributed by atoms with E-state index in [1.165, 1.54) is 14.2 Å². The van der Waals surface area contributed by atoms with E-state index in [2.05, 4.69) is 5.32 Å². The van der Waals surface area contributed by atoms with Gasteiger partial charge >= 0.3 is 11.9 Å². The van der Waals surface area contributed by atoms with E-state index in [-0.39, 0.29) is 42.6 Å². The Kier molecular flexibility index (Phi) is 6.09. The van der Waals surface area contributed by atoms with Crippen molar-refractivity contribution in [1.82, 2.24) is 0 Å². The minimum Gasteiger partial charge on any atom is -0.465 e. The largest absolute Gasteiger partial charge is 0.465 e. The fourth-order valence-corrected chi connectivity index (χ4v) is 3.65. The van der Waals surface area contributed by atoms with E-state index < -0.39 is 23.3 Å². The lowest BCUT2D eigenvalue weighted by atomic mass is 9.67. The van der Waals surface area contributed by atoms with E-state index >= 15 is 0 Å². The second kappa shape index (κ2) is 8.56. The number of benzene rings is 1. The highest BCUT2D eigenvalue weighted by Crippen LogP contribution is 2.52. The van der Waals surface area contributed by atoms with Crippen LogP contribution in [0.15, 0.2) is 47.1 Å². The molecule has 1 aromatic carbocycles. The minimum atomic E-state index is -1.93. The third-order valence-corrected chi connectivity index (χ3v) is 4.82. The van der Waals surface area contributed by atoms with Crippen molar-refractivity contribution in [1.29, 1.82) is 0 Å². The summed E-state index contributed by atoms with van der Waals surface area (Å²) in [5.74, 6) is -2.87. The Morgan fingerprint density at radius 3 is 2.47 bits per heavy atom. The molecule has 10 nitrogen and oxygen atoms in total. The number of carbonyl (C=O) groups is 3. The number of hydrogen-bond donors (Lipinski definition) is 2. The zero-order valence-corrected chi connectivity index (χ0v) is 16.8. The third-order valence-electron chi connectivity index (χ3n) is 4.82. The number of ether oxygens (including phenoxy) is 5. The van der Waals surface area contributed by atoms with Crippen LogP contribution in [0.25, 0.3) is 0 Å². The van der Waals surface area contributed by atoms with Crippen LogP contribution >= 0.6 is 0 Å². The number of nitrogens with one attached hydrogen (secondary N) is 1. The summed E-state index contributed by atoms with van der Waals surface area (Å²) < 4.78 is 25.8. The molecule has 30 heavy (non-hydrogen) atoms. The van der Waals surface area contributed by atoms with Crippen molar-refractivity contribution in [3.05, 3.63) is 52.6 Å². The van der Waals surface area contributed by atoms with Gasteiger partial charge in [-0.05, 0) is 6.07 Å². The first-order valence-corrected chi connectivity index (χ1v) is 8.99. The van der Waals surface area contributed by atoms with Gasteiger partial charge in [-0.2, -0.15) is 0 Å². The highest BCUT2D eigenvalue weighted by Gasteiger charge is 2.62. The number of methoxy groups -OCH3 is 3. The second-order valence-electron chi connectivity index (χ2n) is 6.44. The van der Waals surface area contributed by atoms with Crippen molar-refractivity contribution < 1.29 is 38.1 Å². The van der Waals surface area contributed by atoms with Gasteiger partial charge in [-0.15, -0.1) is 0 Å². The molecule has 1 spiro atoms. The van der Waals surface area contributed by atoms with Crippen LogP contribution in [0.1, 0.15) is 5.56 Å². The molecular weight excluding hydrogens is 396 g/mol. The molecule has 0 unspecified atom stereocenters. The maximum Gasteiger partial charge on any atom is 0.340 e. The van der Waals surface area contributed by atoms with Gasteiger partial charge in [0.15, 0.2) is 0 Å². The first-order chi connectivity index (χ1) is 14.4. The standard InChI is InChI=1S/C20H22N2O8/c1-26-8-9-29-18(24)14-13(10-27-2)30-16(21)15(17(23)28-3)20(14)11-6-4-5-7-12(11)22-19(20)25/h4-7H,8-10,21H2,1-3H3,(H,22,25)/t20-/m0/s1. The second-order valence-corrected chi connectivity index (χ2v) is 6.44. The number of amides is 1. The highest BCUT2D eigenvalue weighted by atomic mass is 16.6. The molecule has 0 bridgehead atoms. The molecule has 10 heteroatoms. The number of fused-ring (bicyclic) bond motifs is 2. The summed E-state index contributed by atoms with van der Waals surface area (Å²) in [5, 5.41) is 2.70. The van der Waals surface area contributed by atoms with Crippen LogP contribution in [0.4, 0.5) is 5.69 Å². The minimum absolute atomic E-state index is 0.0445. The topological polar surface area (TPSA) is 135 Å². The zero-order valence-electron chi connectivity index (χ0n) is 16.8. The Hall–Kier alpha value is -3.37. The molecule has 2 aliphatic rings. The van der Waals surface area contributed by atoms with Crippen molar-refractivity contribution >= 4 is 23.5 Å². The summed E-state index contributed by atoms with van der Waals surface area (Å²) in [6, 6.07) is 6.64. The van der Waals surface area contributed by atoms with E-state index in [4.69, 9.17) is 29.4 Å². The lowest BCUT2D eigenvalue weighted by Gasteiger charge is -2.35. The van der Waals surface area contributed by atoms with Crippen molar-refractivity contribution in [2.24, 2.45) is 5.73 Å². The lowest BCUT2D eigenvalue weighted by Crippen LogP contribution is -2.49. The molecule has 1 amide bonds. The summed E-state index contributed by atoms with van der Waals surface area (Å²) in [7, 11) is 3.98. The van der Waals surface area contributed by atoms with Gasteiger partial charge in [0.2, 0.25) is 11.8 Å². The van der Waals surface area contributed by atoms with E-state index in [0.29, 0.717) is 11.3 Å². The van der Waals surface area contributed by atoms with Crippen molar-refractivity contribution in [2.45, 2.75) is 5.41 Å². The van der Waals surface area contributed by atoms with Gasteiger partial charge in [0, 0.05) is 25.5 Å².